The molecule has 0 aromatic heterocycles. The monoisotopic (exact) mass is 327 g/mol. The van der Waals surface area contributed by atoms with Gasteiger partial charge in [-0.1, -0.05) is 0 Å². The number of rotatable bonds is 7. The average molecular weight is 327 g/mol. The highest BCUT2D eigenvalue weighted by Gasteiger charge is 2.10. The fraction of sp³-hybridized carbons (Fsp3) is 0.263. The summed E-state index contributed by atoms with van der Waals surface area (Å²) in [4.78, 5) is 24.6. The van der Waals surface area contributed by atoms with Crippen molar-refractivity contribution < 1.29 is 19.1 Å². The number of benzene rings is 2. The minimum atomic E-state index is -0.292. The number of hydrogen-bond donors (Lipinski definition) is 0. The molecule has 0 fully saturated rings. The van der Waals surface area contributed by atoms with E-state index >= 15 is 0 Å². The van der Waals surface area contributed by atoms with Crippen LogP contribution in [0.15, 0.2) is 42.5 Å². The predicted molar refractivity (Wildman–Crippen MR) is 93.1 cm³/mol. The third-order valence-electron chi connectivity index (χ3n) is 3.73. The van der Waals surface area contributed by atoms with E-state index in [1.54, 1.807) is 31.4 Å². The lowest BCUT2D eigenvalue weighted by molar-refractivity contribution is -0.134. The van der Waals surface area contributed by atoms with E-state index in [0.29, 0.717) is 17.9 Å². The van der Waals surface area contributed by atoms with Crippen LogP contribution < -0.4 is 14.4 Å². The number of carbonyl (C=O) groups is 2. The summed E-state index contributed by atoms with van der Waals surface area (Å²) in [5.41, 5.74) is 2.41. The molecule has 126 valence electrons. The Bertz CT molecular complexity index is 710. The molecule has 0 aliphatic carbocycles. The van der Waals surface area contributed by atoms with Gasteiger partial charge >= 0.3 is 5.97 Å². The Balaban J connectivity index is 1.89. The minimum absolute atomic E-state index is 0.261. The first kappa shape index (κ1) is 17.5. The summed E-state index contributed by atoms with van der Waals surface area (Å²) in [6, 6.07) is 12.5. The molecule has 0 bridgehead atoms. The molecule has 0 radical (unpaired) electrons. The van der Waals surface area contributed by atoms with Crippen molar-refractivity contribution in [1.82, 2.24) is 0 Å². The number of methoxy groups -OCH3 is 1. The molecule has 0 aliphatic rings. The SMILES string of the molecule is COc1ccc(OC(=O)CCN(C)c2ccc(C=O)cc2)c(C)c1. The summed E-state index contributed by atoms with van der Waals surface area (Å²) in [7, 11) is 3.49. The number of aldehydes is 1. The number of nitrogens with zero attached hydrogens (tertiary/aromatic N) is 1. The van der Waals surface area contributed by atoms with E-state index in [-0.39, 0.29) is 12.4 Å². The van der Waals surface area contributed by atoms with Crippen LogP contribution in [0.25, 0.3) is 0 Å². The van der Waals surface area contributed by atoms with Gasteiger partial charge in [-0.05, 0) is 55.0 Å². The molecule has 0 aliphatic heterocycles. The lowest BCUT2D eigenvalue weighted by Crippen LogP contribution is -2.23. The Morgan fingerprint density at radius 1 is 1.17 bits per heavy atom. The van der Waals surface area contributed by atoms with E-state index in [1.165, 1.54) is 0 Å². The maximum Gasteiger partial charge on any atom is 0.312 e. The Morgan fingerprint density at radius 3 is 2.46 bits per heavy atom. The second-order valence-electron chi connectivity index (χ2n) is 5.49. The second kappa shape index (κ2) is 8.15. The molecule has 2 aromatic rings. The molecule has 0 atom stereocenters. The Morgan fingerprint density at radius 2 is 1.88 bits per heavy atom. The van der Waals surface area contributed by atoms with Crippen LogP contribution in [0, 0.1) is 6.92 Å². The molecule has 0 saturated carbocycles. The van der Waals surface area contributed by atoms with Crippen molar-refractivity contribution in [3.8, 4) is 11.5 Å². The topological polar surface area (TPSA) is 55.8 Å². The van der Waals surface area contributed by atoms with E-state index in [1.807, 2.05) is 37.1 Å². The number of esters is 1. The van der Waals surface area contributed by atoms with Gasteiger partial charge in [0.2, 0.25) is 0 Å². The van der Waals surface area contributed by atoms with Crippen LogP contribution >= 0.6 is 0 Å². The molecule has 0 saturated heterocycles. The maximum atomic E-state index is 12.0. The highest BCUT2D eigenvalue weighted by molar-refractivity contribution is 5.76. The van der Waals surface area contributed by atoms with Gasteiger partial charge in [0.05, 0.1) is 13.5 Å². The summed E-state index contributed by atoms with van der Waals surface area (Å²) in [5.74, 6) is 0.976. The molecule has 0 spiro atoms. The molecule has 5 heteroatoms. The zero-order chi connectivity index (χ0) is 17.5. The molecule has 24 heavy (non-hydrogen) atoms. The first-order valence-electron chi connectivity index (χ1n) is 7.65. The fourth-order valence-electron chi connectivity index (χ4n) is 2.23. The summed E-state index contributed by atoms with van der Waals surface area (Å²) < 4.78 is 10.5. The lowest BCUT2D eigenvalue weighted by atomic mass is 10.2. The zero-order valence-electron chi connectivity index (χ0n) is 14.1. The third kappa shape index (κ3) is 4.59. The molecule has 2 aromatic carbocycles. The molecule has 0 heterocycles. The molecular weight excluding hydrogens is 306 g/mol. The van der Waals surface area contributed by atoms with Gasteiger partial charge in [0, 0.05) is 24.8 Å². The Kier molecular flexibility index (Phi) is 5.95. The van der Waals surface area contributed by atoms with Crippen LogP contribution in [-0.2, 0) is 4.79 Å². The molecule has 2 rings (SSSR count). The van der Waals surface area contributed by atoms with Crippen LogP contribution in [0.2, 0.25) is 0 Å². The van der Waals surface area contributed by atoms with Crippen molar-refractivity contribution in [3.05, 3.63) is 53.6 Å². The predicted octanol–water partition coefficient (Wildman–Crippen LogP) is 3.25. The van der Waals surface area contributed by atoms with Crippen LogP contribution in [0.5, 0.6) is 11.5 Å². The number of aryl methyl sites for hydroxylation is 1. The number of carbonyl (C=O) groups excluding carboxylic acids is 2. The van der Waals surface area contributed by atoms with Crippen LogP contribution in [0.1, 0.15) is 22.3 Å². The summed E-state index contributed by atoms with van der Waals surface area (Å²) >= 11 is 0. The van der Waals surface area contributed by atoms with Crippen LogP contribution in [0.3, 0.4) is 0 Å². The Hall–Kier alpha value is -2.82. The maximum absolute atomic E-state index is 12.0. The number of hydrogen-bond acceptors (Lipinski definition) is 5. The van der Waals surface area contributed by atoms with Crippen molar-refractivity contribution >= 4 is 17.9 Å². The van der Waals surface area contributed by atoms with E-state index in [4.69, 9.17) is 9.47 Å². The Labute approximate surface area is 141 Å². The van der Waals surface area contributed by atoms with Gasteiger partial charge in [0.1, 0.15) is 17.8 Å². The van der Waals surface area contributed by atoms with E-state index in [0.717, 1.165) is 23.3 Å². The molecular formula is C19H21NO4. The molecule has 0 N–H and O–H groups in total. The highest BCUT2D eigenvalue weighted by Crippen LogP contribution is 2.23. The van der Waals surface area contributed by atoms with Crippen molar-refractivity contribution in [2.75, 3.05) is 25.6 Å². The van der Waals surface area contributed by atoms with Gasteiger partial charge in [-0.15, -0.1) is 0 Å². The van der Waals surface area contributed by atoms with E-state index < -0.39 is 0 Å². The normalized spacial score (nSPS) is 10.1. The van der Waals surface area contributed by atoms with Crippen molar-refractivity contribution in [2.24, 2.45) is 0 Å². The summed E-state index contributed by atoms with van der Waals surface area (Å²) in [5, 5.41) is 0. The standard InChI is InChI=1S/C19H21NO4/c1-14-12-17(23-3)8-9-18(14)24-19(22)10-11-20(2)16-6-4-15(13-21)5-7-16/h4-9,12-13H,10-11H2,1-3H3. The van der Waals surface area contributed by atoms with Gasteiger partial charge in [-0.25, -0.2) is 0 Å². The third-order valence-corrected chi connectivity index (χ3v) is 3.73. The number of anilines is 1. The van der Waals surface area contributed by atoms with Crippen molar-refractivity contribution in [3.63, 3.8) is 0 Å². The van der Waals surface area contributed by atoms with E-state index in [2.05, 4.69) is 0 Å². The minimum Gasteiger partial charge on any atom is -0.497 e. The molecule has 5 nitrogen and oxygen atoms in total. The highest BCUT2D eigenvalue weighted by atomic mass is 16.5. The van der Waals surface area contributed by atoms with Gasteiger partial charge in [0.15, 0.2) is 0 Å². The van der Waals surface area contributed by atoms with Crippen LogP contribution in [0.4, 0.5) is 5.69 Å². The zero-order valence-corrected chi connectivity index (χ0v) is 14.1. The summed E-state index contributed by atoms with van der Waals surface area (Å²) in [6.45, 7) is 2.39. The smallest absolute Gasteiger partial charge is 0.312 e. The first-order valence-corrected chi connectivity index (χ1v) is 7.65. The lowest BCUT2D eigenvalue weighted by Gasteiger charge is -2.19. The van der Waals surface area contributed by atoms with Gasteiger partial charge in [-0.3, -0.25) is 9.59 Å². The van der Waals surface area contributed by atoms with Gasteiger partial charge in [-0.2, -0.15) is 0 Å². The number of ether oxygens (including phenoxy) is 2. The fourth-order valence-corrected chi connectivity index (χ4v) is 2.23. The molecule has 0 amide bonds. The van der Waals surface area contributed by atoms with Crippen molar-refractivity contribution in [1.29, 1.82) is 0 Å². The summed E-state index contributed by atoms with van der Waals surface area (Å²) in [6.07, 6.45) is 1.07. The second-order valence-corrected chi connectivity index (χ2v) is 5.49. The largest absolute Gasteiger partial charge is 0.497 e. The van der Waals surface area contributed by atoms with E-state index in [9.17, 15) is 9.59 Å². The van der Waals surface area contributed by atoms with Crippen molar-refractivity contribution in [2.45, 2.75) is 13.3 Å². The van der Waals surface area contributed by atoms with Gasteiger partial charge < -0.3 is 14.4 Å². The average Bonchev–Trinajstić information content (AvgIpc) is 2.61. The van der Waals surface area contributed by atoms with Gasteiger partial charge in [0.25, 0.3) is 0 Å². The molecule has 0 unspecified atom stereocenters. The first-order chi connectivity index (χ1) is 11.5. The van der Waals surface area contributed by atoms with Crippen LogP contribution in [-0.4, -0.2) is 33.0 Å². The quantitative estimate of drug-likeness (QED) is 0.444.